The van der Waals surface area contributed by atoms with Gasteiger partial charge in [-0.1, -0.05) is 52.2 Å². The molecule has 1 amide bonds. The molecule has 4 nitrogen and oxygen atoms in total. The number of alkyl carbamates (subject to hydrolysis) is 1. The van der Waals surface area contributed by atoms with Gasteiger partial charge in [0.2, 0.25) is 0 Å². The van der Waals surface area contributed by atoms with Gasteiger partial charge in [-0.15, -0.1) is 0 Å². The number of nitrogens with one attached hydrogen (secondary N) is 1. The van der Waals surface area contributed by atoms with Crippen LogP contribution in [0.2, 0.25) is 0 Å². The Balaban J connectivity index is 1.52. The van der Waals surface area contributed by atoms with E-state index in [1.54, 1.807) is 6.08 Å². The average Bonchev–Trinajstić information content (AvgIpc) is 3.04. The molecule has 31 heavy (non-hydrogen) atoms. The predicted octanol–water partition coefficient (Wildman–Crippen LogP) is 6.36. The van der Waals surface area contributed by atoms with E-state index in [-0.39, 0.29) is 28.3 Å². The van der Waals surface area contributed by atoms with E-state index < -0.39 is 0 Å². The molecule has 0 aliphatic heterocycles. The monoisotopic (exact) mass is 427 g/mol. The number of hydrogen-bond donors (Lipinski definition) is 1. The van der Waals surface area contributed by atoms with Gasteiger partial charge in [0.25, 0.3) is 0 Å². The van der Waals surface area contributed by atoms with Crippen molar-refractivity contribution >= 4 is 11.9 Å². The fourth-order valence-electron chi connectivity index (χ4n) is 7.89. The van der Waals surface area contributed by atoms with E-state index >= 15 is 0 Å². The molecule has 4 heteroatoms. The quantitative estimate of drug-likeness (QED) is 0.502. The van der Waals surface area contributed by atoms with E-state index in [2.05, 4.69) is 39.1 Å². The number of ketones is 1. The topological polar surface area (TPSA) is 55.4 Å². The van der Waals surface area contributed by atoms with Crippen LogP contribution < -0.4 is 5.32 Å². The summed E-state index contributed by atoms with van der Waals surface area (Å²) in [7, 11) is 0. The van der Waals surface area contributed by atoms with Crippen LogP contribution in [0.4, 0.5) is 4.79 Å². The van der Waals surface area contributed by atoms with Crippen LogP contribution in [0.1, 0.15) is 91.9 Å². The third-order valence-electron chi connectivity index (χ3n) is 9.76. The lowest BCUT2D eigenvalue weighted by atomic mass is 9.47. The maximum atomic E-state index is 12.7. The normalized spacial score (nSPS) is 41.1. The van der Waals surface area contributed by atoms with Crippen molar-refractivity contribution in [2.45, 2.75) is 97.5 Å². The van der Waals surface area contributed by atoms with Crippen molar-refractivity contribution in [3.8, 4) is 0 Å². The third kappa shape index (κ3) is 3.58. The van der Waals surface area contributed by atoms with Crippen LogP contribution in [-0.4, -0.2) is 24.0 Å². The largest absolute Gasteiger partial charge is 0.442 e. The summed E-state index contributed by atoms with van der Waals surface area (Å²) >= 11 is 0. The molecule has 0 radical (unpaired) electrons. The minimum atomic E-state index is -0.354. The van der Waals surface area contributed by atoms with Crippen LogP contribution in [0, 0.1) is 28.6 Å². The lowest BCUT2D eigenvalue weighted by molar-refractivity contribution is -0.126. The summed E-state index contributed by atoms with van der Waals surface area (Å²) < 4.78 is 6.31. The molecule has 3 unspecified atom stereocenters. The summed E-state index contributed by atoms with van der Waals surface area (Å²) in [6, 6.07) is 0. The number of rotatable bonds is 6. The fourth-order valence-corrected chi connectivity index (χ4v) is 7.89. The highest BCUT2D eigenvalue weighted by Gasteiger charge is 2.65. The molecule has 0 bridgehead atoms. The second-order valence-electron chi connectivity index (χ2n) is 11.0. The molecule has 6 atom stereocenters. The van der Waals surface area contributed by atoms with Gasteiger partial charge in [-0.2, -0.15) is 0 Å². The number of fused-ring (bicyclic) bond motifs is 5. The fraction of sp³-hybridized carbons (Fsp3) is 0.778. The van der Waals surface area contributed by atoms with Gasteiger partial charge in [0.05, 0.1) is 0 Å². The first-order valence-electron chi connectivity index (χ1n) is 12.7. The maximum Gasteiger partial charge on any atom is 0.407 e. The van der Waals surface area contributed by atoms with Crippen LogP contribution in [-0.2, 0) is 9.53 Å². The molecular weight excluding hydrogens is 386 g/mol. The molecule has 172 valence electrons. The minimum absolute atomic E-state index is 0.0210. The van der Waals surface area contributed by atoms with Gasteiger partial charge in [0.15, 0.2) is 5.78 Å². The number of unbranched alkanes of at least 4 members (excludes halogenated alkanes) is 2. The zero-order valence-corrected chi connectivity index (χ0v) is 20.0. The Bertz CT molecular complexity index is 785. The number of allylic oxidation sites excluding steroid dienone is 4. The number of carbonyl (C=O) groups is 2. The van der Waals surface area contributed by atoms with Crippen LogP contribution in [0.15, 0.2) is 23.8 Å². The second-order valence-corrected chi connectivity index (χ2v) is 11.0. The Hall–Kier alpha value is -1.58. The zero-order chi connectivity index (χ0) is 22.3. The van der Waals surface area contributed by atoms with Gasteiger partial charge in [-0.25, -0.2) is 4.79 Å². The molecule has 0 spiro atoms. The molecule has 3 saturated carbocycles. The third-order valence-corrected chi connectivity index (χ3v) is 9.76. The Morgan fingerprint density at radius 3 is 2.65 bits per heavy atom. The summed E-state index contributed by atoms with van der Waals surface area (Å²) in [5.74, 6) is 1.97. The predicted molar refractivity (Wildman–Crippen MR) is 124 cm³/mol. The number of amides is 1. The van der Waals surface area contributed by atoms with E-state index in [0.29, 0.717) is 24.3 Å². The molecule has 1 N–H and O–H groups in total. The van der Waals surface area contributed by atoms with Crippen molar-refractivity contribution in [1.82, 2.24) is 5.32 Å². The molecule has 0 aromatic rings. The highest BCUT2D eigenvalue weighted by Crippen LogP contribution is 2.68. The summed E-state index contributed by atoms with van der Waals surface area (Å²) in [6.07, 6.45) is 16.4. The standard InChI is InChI=1S/C27H41NO3/c1-5-7-8-17-28-24(30)31-27(6-2)16-13-23-21-10-9-19-18-20(29)11-14-25(19,3)22(21)12-15-26(23,27)4/h11,14,18,21-23H,5-10,12-13,15-17H2,1-4H3,(H,28,30)/t21?,22?,23?,25-,26-,27-/m0/s1. The number of carbonyl (C=O) groups excluding carboxylic acids is 2. The Morgan fingerprint density at radius 2 is 1.90 bits per heavy atom. The van der Waals surface area contributed by atoms with Crippen LogP contribution in [0.5, 0.6) is 0 Å². The maximum absolute atomic E-state index is 12.7. The van der Waals surface area contributed by atoms with Crippen LogP contribution in [0.25, 0.3) is 0 Å². The summed E-state index contributed by atoms with van der Waals surface area (Å²) in [5.41, 5.74) is 1.04. The Morgan fingerprint density at radius 1 is 1.13 bits per heavy atom. The minimum Gasteiger partial charge on any atom is -0.442 e. The van der Waals surface area contributed by atoms with E-state index in [4.69, 9.17) is 4.74 Å². The number of ether oxygens (including phenoxy) is 1. The van der Waals surface area contributed by atoms with Crippen molar-refractivity contribution in [3.63, 3.8) is 0 Å². The van der Waals surface area contributed by atoms with Crippen molar-refractivity contribution in [1.29, 1.82) is 0 Å². The summed E-state index contributed by atoms with van der Waals surface area (Å²) in [6.45, 7) is 9.83. The van der Waals surface area contributed by atoms with Crippen LogP contribution in [0.3, 0.4) is 0 Å². The molecule has 4 aliphatic carbocycles. The van der Waals surface area contributed by atoms with Gasteiger partial charge in [0, 0.05) is 17.4 Å². The molecule has 0 aromatic heterocycles. The first-order valence-corrected chi connectivity index (χ1v) is 12.7. The second kappa shape index (κ2) is 8.41. The molecular formula is C27H41NO3. The first kappa shape index (κ1) is 22.6. The molecule has 3 fully saturated rings. The molecule has 0 aromatic carbocycles. The van der Waals surface area contributed by atoms with Crippen molar-refractivity contribution in [2.24, 2.45) is 28.6 Å². The Labute approximate surface area is 188 Å². The SMILES string of the molecule is CCCCCNC(=O)O[C@@]1(CC)CCC2C3CCC4=CC(=O)C=C[C@]4(C)C3CC[C@@]21C. The van der Waals surface area contributed by atoms with E-state index in [9.17, 15) is 9.59 Å². The molecule has 4 rings (SSSR count). The summed E-state index contributed by atoms with van der Waals surface area (Å²) in [5, 5.41) is 3.01. The lowest BCUT2D eigenvalue weighted by Gasteiger charge is -2.58. The zero-order valence-electron chi connectivity index (χ0n) is 20.0. The average molecular weight is 428 g/mol. The number of hydrogen-bond acceptors (Lipinski definition) is 3. The van der Waals surface area contributed by atoms with Crippen molar-refractivity contribution < 1.29 is 14.3 Å². The van der Waals surface area contributed by atoms with E-state index in [1.807, 2.05) is 6.08 Å². The molecule has 4 aliphatic rings. The summed E-state index contributed by atoms with van der Waals surface area (Å²) in [4.78, 5) is 24.7. The van der Waals surface area contributed by atoms with Crippen molar-refractivity contribution in [2.75, 3.05) is 6.54 Å². The highest BCUT2D eigenvalue weighted by atomic mass is 16.6. The van der Waals surface area contributed by atoms with E-state index in [0.717, 1.165) is 64.2 Å². The van der Waals surface area contributed by atoms with Gasteiger partial charge in [0.1, 0.15) is 5.60 Å². The highest BCUT2D eigenvalue weighted by molar-refractivity contribution is 6.01. The van der Waals surface area contributed by atoms with Gasteiger partial charge in [-0.3, -0.25) is 4.79 Å². The first-order chi connectivity index (χ1) is 14.8. The van der Waals surface area contributed by atoms with Crippen molar-refractivity contribution in [3.05, 3.63) is 23.8 Å². The van der Waals surface area contributed by atoms with Gasteiger partial charge < -0.3 is 10.1 Å². The van der Waals surface area contributed by atoms with Crippen LogP contribution >= 0.6 is 0 Å². The molecule has 0 heterocycles. The van der Waals surface area contributed by atoms with Gasteiger partial charge >= 0.3 is 6.09 Å². The smallest absolute Gasteiger partial charge is 0.407 e. The lowest BCUT2D eigenvalue weighted by Crippen LogP contribution is -2.56. The van der Waals surface area contributed by atoms with Gasteiger partial charge in [-0.05, 0) is 81.3 Å². The van der Waals surface area contributed by atoms with E-state index in [1.165, 1.54) is 5.57 Å². The molecule has 0 saturated heterocycles. The Kier molecular flexibility index (Phi) is 6.13.